The molecule has 0 saturated carbocycles. The minimum Gasteiger partial charge on any atom is -0.480 e. The Hall–Kier alpha value is -1.30. The Morgan fingerprint density at radius 3 is 2.94 bits per heavy atom. The Bertz CT molecular complexity index is 257. The van der Waals surface area contributed by atoms with Gasteiger partial charge in [-0.05, 0) is 19.8 Å². The van der Waals surface area contributed by atoms with E-state index >= 15 is 0 Å². The quantitative estimate of drug-likeness (QED) is 0.665. The second-order valence-corrected chi connectivity index (χ2v) is 3.62. The van der Waals surface area contributed by atoms with Gasteiger partial charge in [0.25, 0.3) is 0 Å². The van der Waals surface area contributed by atoms with Gasteiger partial charge in [0.1, 0.15) is 6.04 Å². The largest absolute Gasteiger partial charge is 0.480 e. The Labute approximate surface area is 94.6 Å². The van der Waals surface area contributed by atoms with E-state index in [1.165, 1.54) is 4.90 Å². The molecular formula is C10H18N2O4. The zero-order valence-electron chi connectivity index (χ0n) is 9.44. The zero-order valence-corrected chi connectivity index (χ0v) is 9.44. The van der Waals surface area contributed by atoms with Gasteiger partial charge in [0.15, 0.2) is 0 Å². The molecule has 1 saturated heterocycles. The molecule has 92 valence electrons. The van der Waals surface area contributed by atoms with Crippen molar-refractivity contribution in [2.45, 2.75) is 25.8 Å². The van der Waals surface area contributed by atoms with Crippen LogP contribution in [0, 0.1) is 0 Å². The van der Waals surface area contributed by atoms with Gasteiger partial charge in [-0.15, -0.1) is 0 Å². The minimum absolute atomic E-state index is 0.315. The van der Waals surface area contributed by atoms with Crippen molar-refractivity contribution in [2.24, 2.45) is 0 Å². The van der Waals surface area contributed by atoms with E-state index < -0.39 is 12.0 Å². The lowest BCUT2D eigenvalue weighted by Gasteiger charge is -2.21. The number of hydrogen-bond donors (Lipinski definition) is 2. The van der Waals surface area contributed by atoms with E-state index in [-0.39, 0.29) is 6.03 Å². The van der Waals surface area contributed by atoms with Gasteiger partial charge >= 0.3 is 12.0 Å². The average molecular weight is 230 g/mol. The summed E-state index contributed by atoms with van der Waals surface area (Å²) in [5, 5.41) is 11.5. The SMILES string of the molecule is CCOCCNC(=O)N1CCC[C@@H]1C(=O)O. The number of hydrogen-bond acceptors (Lipinski definition) is 3. The summed E-state index contributed by atoms with van der Waals surface area (Å²) in [6, 6.07) is -0.989. The molecule has 0 aromatic rings. The van der Waals surface area contributed by atoms with Crippen LogP contribution in [0.5, 0.6) is 0 Å². The zero-order chi connectivity index (χ0) is 12.0. The van der Waals surface area contributed by atoms with Crippen LogP contribution in [0.3, 0.4) is 0 Å². The summed E-state index contributed by atoms with van der Waals surface area (Å²) < 4.78 is 5.07. The van der Waals surface area contributed by atoms with Crippen molar-refractivity contribution in [2.75, 3.05) is 26.3 Å². The fraction of sp³-hybridized carbons (Fsp3) is 0.800. The van der Waals surface area contributed by atoms with Crippen molar-refractivity contribution in [3.8, 4) is 0 Å². The number of rotatable bonds is 5. The van der Waals surface area contributed by atoms with E-state index in [1.807, 2.05) is 6.92 Å². The molecule has 0 bridgehead atoms. The highest BCUT2D eigenvalue weighted by Crippen LogP contribution is 2.16. The summed E-state index contributed by atoms with van der Waals surface area (Å²) in [5.74, 6) is -0.933. The van der Waals surface area contributed by atoms with Gasteiger partial charge in [-0.2, -0.15) is 0 Å². The van der Waals surface area contributed by atoms with Crippen molar-refractivity contribution < 1.29 is 19.4 Å². The van der Waals surface area contributed by atoms with Crippen LogP contribution in [0.25, 0.3) is 0 Å². The number of carboxylic acids is 1. The average Bonchev–Trinajstić information content (AvgIpc) is 2.73. The number of nitrogens with zero attached hydrogens (tertiary/aromatic N) is 1. The summed E-state index contributed by atoms with van der Waals surface area (Å²) in [6.07, 6.45) is 1.28. The van der Waals surface area contributed by atoms with Crippen molar-refractivity contribution in [1.29, 1.82) is 0 Å². The summed E-state index contributed by atoms with van der Waals surface area (Å²) in [5.41, 5.74) is 0. The van der Waals surface area contributed by atoms with Crippen molar-refractivity contribution >= 4 is 12.0 Å². The van der Waals surface area contributed by atoms with Gasteiger partial charge in [-0.25, -0.2) is 9.59 Å². The second kappa shape index (κ2) is 6.32. The van der Waals surface area contributed by atoms with Crippen LogP contribution in [0.15, 0.2) is 0 Å². The summed E-state index contributed by atoms with van der Waals surface area (Å²) in [6.45, 7) is 3.86. The minimum atomic E-state index is -0.933. The number of nitrogens with one attached hydrogen (secondary N) is 1. The molecule has 1 rings (SSSR count). The number of amides is 2. The molecule has 6 heteroatoms. The molecule has 0 aliphatic carbocycles. The molecule has 0 aromatic heterocycles. The fourth-order valence-corrected chi connectivity index (χ4v) is 1.74. The van der Waals surface area contributed by atoms with Gasteiger partial charge in [-0.1, -0.05) is 0 Å². The van der Waals surface area contributed by atoms with E-state index in [2.05, 4.69) is 5.32 Å². The van der Waals surface area contributed by atoms with E-state index in [4.69, 9.17) is 9.84 Å². The number of carbonyl (C=O) groups excluding carboxylic acids is 1. The molecule has 1 heterocycles. The van der Waals surface area contributed by atoms with E-state index in [0.29, 0.717) is 32.7 Å². The molecule has 0 spiro atoms. The Morgan fingerprint density at radius 1 is 1.56 bits per heavy atom. The molecule has 1 fully saturated rings. The first-order valence-corrected chi connectivity index (χ1v) is 5.51. The van der Waals surface area contributed by atoms with E-state index in [1.54, 1.807) is 0 Å². The topological polar surface area (TPSA) is 78.9 Å². The van der Waals surface area contributed by atoms with Gasteiger partial charge in [0.2, 0.25) is 0 Å². The predicted molar refractivity (Wildman–Crippen MR) is 57.3 cm³/mol. The maximum Gasteiger partial charge on any atom is 0.326 e. The maximum atomic E-state index is 11.6. The highest BCUT2D eigenvalue weighted by Gasteiger charge is 2.33. The lowest BCUT2D eigenvalue weighted by atomic mass is 10.2. The van der Waals surface area contributed by atoms with Crippen molar-refractivity contribution in [3.63, 3.8) is 0 Å². The Morgan fingerprint density at radius 2 is 2.31 bits per heavy atom. The van der Waals surface area contributed by atoms with Crippen LogP contribution in [-0.2, 0) is 9.53 Å². The van der Waals surface area contributed by atoms with Crippen LogP contribution in [-0.4, -0.2) is 54.4 Å². The number of ether oxygens (including phenoxy) is 1. The highest BCUT2D eigenvalue weighted by molar-refractivity contribution is 5.83. The van der Waals surface area contributed by atoms with Crippen LogP contribution < -0.4 is 5.32 Å². The first-order valence-electron chi connectivity index (χ1n) is 5.51. The molecule has 2 N–H and O–H groups in total. The molecular weight excluding hydrogens is 212 g/mol. The van der Waals surface area contributed by atoms with Crippen LogP contribution in [0.4, 0.5) is 4.79 Å². The second-order valence-electron chi connectivity index (χ2n) is 3.62. The smallest absolute Gasteiger partial charge is 0.326 e. The van der Waals surface area contributed by atoms with Gasteiger partial charge in [-0.3, -0.25) is 0 Å². The molecule has 0 aromatic carbocycles. The molecule has 16 heavy (non-hydrogen) atoms. The van der Waals surface area contributed by atoms with E-state index in [9.17, 15) is 9.59 Å². The third-order valence-corrected chi connectivity index (χ3v) is 2.53. The van der Waals surface area contributed by atoms with Gasteiger partial charge in [0, 0.05) is 19.7 Å². The summed E-state index contributed by atoms with van der Waals surface area (Å²) in [4.78, 5) is 23.8. The molecule has 1 atom stereocenters. The molecule has 2 amide bonds. The van der Waals surface area contributed by atoms with Crippen LogP contribution in [0.2, 0.25) is 0 Å². The summed E-state index contributed by atoms with van der Waals surface area (Å²) in [7, 11) is 0. The molecule has 0 radical (unpaired) electrons. The monoisotopic (exact) mass is 230 g/mol. The lowest BCUT2D eigenvalue weighted by Crippen LogP contribution is -2.46. The molecule has 1 aliphatic heterocycles. The first kappa shape index (κ1) is 12.8. The third-order valence-electron chi connectivity index (χ3n) is 2.53. The van der Waals surface area contributed by atoms with Crippen molar-refractivity contribution in [1.82, 2.24) is 10.2 Å². The highest BCUT2D eigenvalue weighted by atomic mass is 16.5. The molecule has 1 aliphatic rings. The number of carbonyl (C=O) groups is 2. The van der Waals surface area contributed by atoms with Crippen LogP contribution in [0.1, 0.15) is 19.8 Å². The molecule has 0 unspecified atom stereocenters. The molecule has 6 nitrogen and oxygen atoms in total. The third kappa shape index (κ3) is 3.37. The fourth-order valence-electron chi connectivity index (χ4n) is 1.74. The number of carboxylic acid groups (broad SMARTS) is 1. The lowest BCUT2D eigenvalue weighted by molar-refractivity contribution is -0.141. The standard InChI is InChI=1S/C10H18N2O4/c1-2-16-7-5-11-10(15)12-6-3-4-8(12)9(13)14/h8H,2-7H2,1H3,(H,11,15)(H,13,14)/t8-/m1/s1. The van der Waals surface area contributed by atoms with Crippen LogP contribution >= 0.6 is 0 Å². The number of urea groups is 1. The predicted octanol–water partition coefficient (Wildman–Crippen LogP) is 0.281. The van der Waals surface area contributed by atoms with Crippen molar-refractivity contribution in [3.05, 3.63) is 0 Å². The number of aliphatic carboxylic acids is 1. The van der Waals surface area contributed by atoms with Gasteiger partial charge < -0.3 is 20.1 Å². The first-order chi connectivity index (χ1) is 7.66. The Balaban J connectivity index is 2.32. The number of likely N-dealkylation sites (tertiary alicyclic amines) is 1. The van der Waals surface area contributed by atoms with Gasteiger partial charge in [0.05, 0.1) is 6.61 Å². The van der Waals surface area contributed by atoms with E-state index in [0.717, 1.165) is 6.42 Å². The Kier molecular flexibility index (Phi) is 5.04. The summed E-state index contributed by atoms with van der Waals surface area (Å²) >= 11 is 0. The maximum absolute atomic E-state index is 11.6. The normalized spacial score (nSPS) is 19.8.